The number of carbonyl (C=O) groups excluding carboxylic acids is 1. The predicted octanol–water partition coefficient (Wildman–Crippen LogP) is 3.50. The summed E-state index contributed by atoms with van der Waals surface area (Å²) in [5, 5.41) is 4.45. The van der Waals surface area contributed by atoms with Crippen LogP contribution >= 0.6 is 0 Å². The molecule has 0 saturated carbocycles. The lowest BCUT2D eigenvalue weighted by atomic mass is 10.1. The van der Waals surface area contributed by atoms with Crippen LogP contribution in [0, 0.1) is 11.6 Å². The number of halogens is 4. The van der Waals surface area contributed by atoms with Gasteiger partial charge in [0.2, 0.25) is 5.95 Å². The van der Waals surface area contributed by atoms with Crippen molar-refractivity contribution in [2.24, 2.45) is 5.73 Å². The lowest BCUT2D eigenvalue weighted by Crippen LogP contribution is -2.28. The van der Waals surface area contributed by atoms with E-state index >= 15 is 0 Å². The zero-order valence-corrected chi connectivity index (χ0v) is 18.8. The van der Waals surface area contributed by atoms with Gasteiger partial charge in [0.1, 0.15) is 11.3 Å². The molecule has 0 spiro atoms. The average molecular weight is 489 g/mol. The second kappa shape index (κ2) is 9.82. The number of aromatic nitrogens is 4. The molecule has 4 rings (SSSR count). The molecule has 184 valence electrons. The Hall–Kier alpha value is -3.80. The molecule has 0 bridgehead atoms. The first kappa shape index (κ1) is 24.3. The standard InChI is InChI=1S/C23H23F4N7O/c1-33(22(35)13-7-5-12(6-8-13)18(28)20(26)27)9-3-2-4-17-30-21-15-10-14(24)11-16(25)19(15)31-23(29)34(21)32-17/h5-8,10-11,18,20H,2-4,9,28H2,1H3,(H2,29,31). The summed E-state index contributed by atoms with van der Waals surface area (Å²) in [6.07, 6.45) is -0.979. The highest BCUT2D eigenvalue weighted by Gasteiger charge is 2.19. The van der Waals surface area contributed by atoms with Gasteiger partial charge in [0.15, 0.2) is 17.3 Å². The molecule has 1 atom stereocenters. The smallest absolute Gasteiger partial charge is 0.257 e. The highest BCUT2D eigenvalue weighted by Crippen LogP contribution is 2.24. The van der Waals surface area contributed by atoms with Crippen LogP contribution in [0.15, 0.2) is 36.4 Å². The molecule has 1 unspecified atom stereocenters. The largest absolute Gasteiger partial charge is 0.368 e. The van der Waals surface area contributed by atoms with Crippen LogP contribution in [0.5, 0.6) is 0 Å². The Balaban J connectivity index is 1.37. The average Bonchev–Trinajstić information content (AvgIpc) is 3.27. The minimum atomic E-state index is -2.68. The SMILES string of the molecule is CN(CCCCc1nc2c3cc(F)cc(F)c3nc(N)n2n1)C(=O)c1ccc(C(N)C(F)F)cc1. The highest BCUT2D eigenvalue weighted by atomic mass is 19.3. The van der Waals surface area contributed by atoms with Crippen molar-refractivity contribution in [2.45, 2.75) is 31.7 Å². The van der Waals surface area contributed by atoms with Gasteiger partial charge in [0.25, 0.3) is 12.3 Å². The molecule has 0 aliphatic rings. The maximum Gasteiger partial charge on any atom is 0.257 e. The quantitative estimate of drug-likeness (QED) is 0.289. The number of carbonyl (C=O) groups is 1. The summed E-state index contributed by atoms with van der Waals surface area (Å²) in [7, 11) is 1.64. The van der Waals surface area contributed by atoms with Crippen LogP contribution in [-0.4, -0.2) is 50.4 Å². The minimum absolute atomic E-state index is 0.0670. The Morgan fingerprint density at radius 1 is 1.11 bits per heavy atom. The zero-order chi connectivity index (χ0) is 25.3. The number of anilines is 1. The molecule has 4 aromatic rings. The van der Waals surface area contributed by atoms with Crippen LogP contribution in [0.3, 0.4) is 0 Å². The maximum atomic E-state index is 14.1. The van der Waals surface area contributed by atoms with Crippen LogP contribution in [0.4, 0.5) is 23.5 Å². The Morgan fingerprint density at radius 2 is 1.83 bits per heavy atom. The van der Waals surface area contributed by atoms with Crippen molar-refractivity contribution in [3.63, 3.8) is 0 Å². The molecule has 35 heavy (non-hydrogen) atoms. The highest BCUT2D eigenvalue weighted by molar-refractivity contribution is 5.94. The Labute approximate surface area is 197 Å². The number of hydrogen-bond acceptors (Lipinski definition) is 6. The fraction of sp³-hybridized carbons (Fsp3) is 0.304. The van der Waals surface area contributed by atoms with Gasteiger partial charge in [-0.2, -0.15) is 4.52 Å². The number of unbranched alkanes of at least 4 members (excludes halogenated alkanes) is 1. The van der Waals surface area contributed by atoms with Gasteiger partial charge in [-0.25, -0.2) is 27.5 Å². The van der Waals surface area contributed by atoms with E-state index < -0.39 is 24.1 Å². The molecule has 0 aliphatic heterocycles. The molecule has 2 aromatic heterocycles. The molecular formula is C23H23F4N7O. The minimum Gasteiger partial charge on any atom is -0.368 e. The van der Waals surface area contributed by atoms with E-state index in [1.54, 1.807) is 7.05 Å². The number of nitrogen functional groups attached to an aromatic ring is 1. The first-order valence-corrected chi connectivity index (χ1v) is 10.8. The summed E-state index contributed by atoms with van der Waals surface area (Å²) in [4.78, 5) is 22.5. The Kier molecular flexibility index (Phi) is 6.83. The van der Waals surface area contributed by atoms with E-state index in [0.29, 0.717) is 37.2 Å². The number of fused-ring (bicyclic) bond motifs is 3. The van der Waals surface area contributed by atoms with E-state index in [0.717, 1.165) is 12.1 Å². The lowest BCUT2D eigenvalue weighted by Gasteiger charge is -2.17. The topological polar surface area (TPSA) is 115 Å². The van der Waals surface area contributed by atoms with Gasteiger partial charge in [0.05, 0.1) is 11.4 Å². The van der Waals surface area contributed by atoms with Gasteiger partial charge in [-0.3, -0.25) is 4.79 Å². The fourth-order valence-electron chi connectivity index (χ4n) is 3.75. The molecule has 1 amide bonds. The zero-order valence-electron chi connectivity index (χ0n) is 18.8. The summed E-state index contributed by atoms with van der Waals surface area (Å²) in [5.41, 5.74) is 12.0. The van der Waals surface area contributed by atoms with Gasteiger partial charge < -0.3 is 16.4 Å². The first-order chi connectivity index (χ1) is 16.7. The molecule has 0 saturated heterocycles. The summed E-state index contributed by atoms with van der Waals surface area (Å²) >= 11 is 0. The molecule has 2 heterocycles. The van der Waals surface area contributed by atoms with Gasteiger partial charge in [-0.05, 0) is 36.6 Å². The number of rotatable bonds is 8. The first-order valence-electron chi connectivity index (χ1n) is 10.8. The summed E-state index contributed by atoms with van der Waals surface area (Å²) in [6.45, 7) is 0.438. The third-order valence-corrected chi connectivity index (χ3v) is 5.67. The van der Waals surface area contributed by atoms with E-state index in [2.05, 4.69) is 15.1 Å². The Morgan fingerprint density at radius 3 is 2.51 bits per heavy atom. The van der Waals surface area contributed by atoms with Gasteiger partial charge in [-0.1, -0.05) is 12.1 Å². The number of amides is 1. The van der Waals surface area contributed by atoms with Crippen LogP contribution in [0.1, 0.15) is 40.6 Å². The van der Waals surface area contributed by atoms with E-state index in [-0.39, 0.29) is 34.0 Å². The summed E-state index contributed by atoms with van der Waals surface area (Å²) < 4.78 is 54.5. The van der Waals surface area contributed by atoms with E-state index in [1.165, 1.54) is 33.7 Å². The summed E-state index contributed by atoms with van der Waals surface area (Å²) in [5.74, 6) is -1.48. The number of nitrogens with zero attached hydrogens (tertiary/aromatic N) is 5. The van der Waals surface area contributed by atoms with Crippen molar-refractivity contribution in [2.75, 3.05) is 19.3 Å². The van der Waals surface area contributed by atoms with Crippen LogP contribution < -0.4 is 11.5 Å². The van der Waals surface area contributed by atoms with Gasteiger partial charge >= 0.3 is 0 Å². The normalized spacial score (nSPS) is 12.5. The van der Waals surface area contributed by atoms with Gasteiger partial charge in [-0.15, -0.1) is 5.10 Å². The van der Waals surface area contributed by atoms with Crippen LogP contribution in [0.2, 0.25) is 0 Å². The third kappa shape index (κ3) is 5.02. The van der Waals surface area contributed by atoms with Crippen molar-refractivity contribution in [3.05, 3.63) is 65.0 Å². The number of alkyl halides is 2. The number of nitrogens with two attached hydrogens (primary N) is 2. The second-order valence-electron chi connectivity index (χ2n) is 8.18. The van der Waals surface area contributed by atoms with Crippen molar-refractivity contribution in [1.29, 1.82) is 0 Å². The van der Waals surface area contributed by atoms with E-state index in [1.807, 2.05) is 0 Å². The van der Waals surface area contributed by atoms with E-state index in [4.69, 9.17) is 11.5 Å². The van der Waals surface area contributed by atoms with Crippen molar-refractivity contribution in [3.8, 4) is 0 Å². The van der Waals surface area contributed by atoms with Crippen molar-refractivity contribution < 1.29 is 22.4 Å². The maximum absolute atomic E-state index is 14.1. The van der Waals surface area contributed by atoms with E-state index in [9.17, 15) is 22.4 Å². The number of benzene rings is 2. The van der Waals surface area contributed by atoms with Crippen LogP contribution in [-0.2, 0) is 6.42 Å². The molecule has 8 nitrogen and oxygen atoms in total. The Bertz CT molecular complexity index is 1370. The van der Waals surface area contributed by atoms with Crippen molar-refractivity contribution in [1.82, 2.24) is 24.5 Å². The van der Waals surface area contributed by atoms with Gasteiger partial charge in [0, 0.05) is 31.6 Å². The summed E-state index contributed by atoms with van der Waals surface area (Å²) in [6, 6.07) is 6.27. The molecule has 2 aromatic carbocycles. The predicted molar refractivity (Wildman–Crippen MR) is 122 cm³/mol. The molecule has 0 radical (unpaired) electrons. The molecule has 0 aliphatic carbocycles. The molecule has 12 heteroatoms. The second-order valence-corrected chi connectivity index (χ2v) is 8.18. The van der Waals surface area contributed by atoms with Crippen LogP contribution in [0.25, 0.3) is 16.6 Å². The molecule has 0 fully saturated rings. The lowest BCUT2D eigenvalue weighted by molar-refractivity contribution is 0.0792. The van der Waals surface area contributed by atoms with Crippen molar-refractivity contribution >= 4 is 28.4 Å². The third-order valence-electron chi connectivity index (χ3n) is 5.67. The fourth-order valence-corrected chi connectivity index (χ4v) is 3.75. The monoisotopic (exact) mass is 489 g/mol. The number of hydrogen-bond donors (Lipinski definition) is 2. The number of aryl methyl sites for hydroxylation is 1. The molecule has 4 N–H and O–H groups in total. The molecular weight excluding hydrogens is 466 g/mol.